The molecule has 0 heterocycles. The van der Waals surface area contributed by atoms with Crippen molar-refractivity contribution in [3.63, 3.8) is 0 Å². The van der Waals surface area contributed by atoms with Gasteiger partial charge < -0.3 is 0 Å². The first kappa shape index (κ1) is 13.0. The predicted molar refractivity (Wildman–Crippen MR) is 63.2 cm³/mol. The first-order chi connectivity index (χ1) is 6.76. The Kier molecular flexibility index (Phi) is 3.82. The molecule has 0 aromatic rings. The van der Waals surface area contributed by atoms with Crippen LogP contribution >= 0.6 is 0 Å². The highest BCUT2D eigenvalue weighted by Gasteiger charge is 2.35. The summed E-state index contributed by atoms with van der Waals surface area (Å²) >= 11 is 0. The third-order valence-corrected chi connectivity index (χ3v) is 5.29. The molecule has 0 spiro atoms. The van der Waals surface area contributed by atoms with Gasteiger partial charge >= 0.3 is 0 Å². The number of sulfonamides is 1. The number of rotatable bonds is 3. The van der Waals surface area contributed by atoms with Crippen molar-refractivity contribution in [2.45, 2.75) is 64.7 Å². The van der Waals surface area contributed by atoms with Gasteiger partial charge in [-0.2, -0.15) is 0 Å². The van der Waals surface area contributed by atoms with Crippen molar-refractivity contribution in [3.8, 4) is 0 Å². The van der Waals surface area contributed by atoms with Crippen LogP contribution in [0, 0.1) is 5.41 Å². The Hall–Kier alpha value is -0.0900. The molecule has 15 heavy (non-hydrogen) atoms. The van der Waals surface area contributed by atoms with Crippen molar-refractivity contribution in [2.24, 2.45) is 5.41 Å². The average molecular weight is 233 g/mol. The lowest BCUT2D eigenvalue weighted by Crippen LogP contribution is -2.48. The molecule has 1 rings (SSSR count). The molecule has 4 heteroatoms. The summed E-state index contributed by atoms with van der Waals surface area (Å²) in [6.45, 7) is 7.75. The molecule has 1 aliphatic rings. The monoisotopic (exact) mass is 233 g/mol. The van der Waals surface area contributed by atoms with Gasteiger partial charge in [0.05, 0.1) is 5.25 Å². The number of hydrogen-bond acceptors (Lipinski definition) is 2. The Bertz CT molecular complexity index is 307. The zero-order valence-electron chi connectivity index (χ0n) is 10.2. The summed E-state index contributed by atoms with van der Waals surface area (Å²) in [6, 6.07) is 0.110. The molecule has 0 aliphatic heterocycles. The van der Waals surface area contributed by atoms with Crippen LogP contribution in [0.1, 0.15) is 53.4 Å². The van der Waals surface area contributed by atoms with Crippen molar-refractivity contribution >= 4 is 10.0 Å². The molecule has 1 saturated carbocycles. The van der Waals surface area contributed by atoms with E-state index in [9.17, 15) is 8.42 Å². The molecule has 1 N–H and O–H groups in total. The molecule has 1 unspecified atom stereocenters. The van der Waals surface area contributed by atoms with Gasteiger partial charge in [0.25, 0.3) is 0 Å². The summed E-state index contributed by atoms with van der Waals surface area (Å²) in [4.78, 5) is 0. The predicted octanol–water partition coefficient (Wildman–Crippen LogP) is 2.28. The summed E-state index contributed by atoms with van der Waals surface area (Å²) in [7, 11) is -3.12. The van der Waals surface area contributed by atoms with Crippen LogP contribution in [0.15, 0.2) is 0 Å². The Morgan fingerprint density at radius 1 is 1.27 bits per heavy atom. The van der Waals surface area contributed by atoms with Crippen LogP contribution in [0.3, 0.4) is 0 Å². The first-order valence-electron chi connectivity index (χ1n) is 5.77. The van der Waals surface area contributed by atoms with Crippen LogP contribution in [-0.2, 0) is 10.0 Å². The second-order valence-corrected chi connectivity index (χ2v) is 7.77. The third kappa shape index (κ3) is 3.18. The van der Waals surface area contributed by atoms with Crippen molar-refractivity contribution in [1.82, 2.24) is 4.72 Å². The molecule has 90 valence electrons. The van der Waals surface area contributed by atoms with Crippen molar-refractivity contribution in [1.29, 1.82) is 0 Å². The Labute approximate surface area is 93.7 Å². The summed E-state index contributed by atoms with van der Waals surface area (Å²) in [5.74, 6) is 0. The average Bonchev–Trinajstić information content (AvgIpc) is 2.08. The fraction of sp³-hybridized carbons (Fsp3) is 1.00. The molecular formula is C11H23NO2S. The lowest BCUT2D eigenvalue weighted by atomic mass is 9.74. The molecule has 0 amide bonds. The Morgan fingerprint density at radius 2 is 1.87 bits per heavy atom. The van der Waals surface area contributed by atoms with Gasteiger partial charge in [0, 0.05) is 6.04 Å². The Balaban J connectivity index is 2.73. The molecule has 0 aromatic heterocycles. The molecule has 1 fully saturated rings. The van der Waals surface area contributed by atoms with Gasteiger partial charge in [0.1, 0.15) is 0 Å². The van der Waals surface area contributed by atoms with E-state index in [1.807, 2.05) is 0 Å². The summed E-state index contributed by atoms with van der Waals surface area (Å²) in [5, 5.41) is -0.338. The zero-order chi connectivity index (χ0) is 11.7. The molecule has 0 radical (unpaired) electrons. The minimum Gasteiger partial charge on any atom is -0.212 e. The quantitative estimate of drug-likeness (QED) is 0.813. The van der Waals surface area contributed by atoms with Crippen molar-refractivity contribution in [2.75, 3.05) is 0 Å². The van der Waals surface area contributed by atoms with Crippen LogP contribution in [-0.4, -0.2) is 19.7 Å². The van der Waals surface area contributed by atoms with Crippen LogP contribution in [0.4, 0.5) is 0 Å². The van der Waals surface area contributed by atoms with E-state index in [4.69, 9.17) is 0 Å². The SMILES string of the molecule is CC(C)S(=O)(=O)NC1CCCCC1(C)C. The smallest absolute Gasteiger partial charge is 0.212 e. The van der Waals surface area contributed by atoms with Gasteiger partial charge in [-0.05, 0) is 32.1 Å². The fourth-order valence-corrected chi connectivity index (χ4v) is 3.15. The summed E-state index contributed by atoms with van der Waals surface area (Å²) in [6.07, 6.45) is 4.43. The third-order valence-electron chi connectivity index (χ3n) is 3.43. The van der Waals surface area contributed by atoms with Crippen LogP contribution in [0.2, 0.25) is 0 Å². The fourth-order valence-electron chi connectivity index (χ4n) is 2.05. The standard InChI is InChI=1S/C11H23NO2S/c1-9(2)15(13,14)12-10-7-5-6-8-11(10,3)4/h9-10,12H,5-8H2,1-4H3. The summed E-state index contributed by atoms with van der Waals surface area (Å²) in [5.41, 5.74) is 0.0974. The largest absolute Gasteiger partial charge is 0.214 e. The van der Waals surface area contributed by atoms with E-state index < -0.39 is 10.0 Å². The highest BCUT2D eigenvalue weighted by molar-refractivity contribution is 7.90. The van der Waals surface area contributed by atoms with E-state index in [1.165, 1.54) is 6.42 Å². The minimum atomic E-state index is -3.12. The molecule has 0 bridgehead atoms. The van der Waals surface area contributed by atoms with Gasteiger partial charge in [-0.3, -0.25) is 0 Å². The maximum Gasteiger partial charge on any atom is 0.214 e. The van der Waals surface area contributed by atoms with Crippen LogP contribution in [0.25, 0.3) is 0 Å². The maximum atomic E-state index is 11.8. The highest BCUT2D eigenvalue weighted by Crippen LogP contribution is 2.35. The molecular weight excluding hydrogens is 210 g/mol. The molecule has 1 atom stereocenters. The second kappa shape index (κ2) is 4.42. The van der Waals surface area contributed by atoms with E-state index in [2.05, 4.69) is 18.6 Å². The normalized spacial score (nSPS) is 26.9. The number of hydrogen-bond donors (Lipinski definition) is 1. The van der Waals surface area contributed by atoms with Gasteiger partial charge in [0.2, 0.25) is 10.0 Å². The first-order valence-corrected chi connectivity index (χ1v) is 7.31. The van der Waals surface area contributed by atoms with E-state index >= 15 is 0 Å². The topological polar surface area (TPSA) is 46.2 Å². The van der Waals surface area contributed by atoms with Gasteiger partial charge in [0.15, 0.2) is 0 Å². The van der Waals surface area contributed by atoms with E-state index in [0.29, 0.717) is 0 Å². The van der Waals surface area contributed by atoms with Crippen LogP contribution < -0.4 is 4.72 Å². The second-order valence-electron chi connectivity index (χ2n) is 5.50. The molecule has 1 aliphatic carbocycles. The van der Waals surface area contributed by atoms with Crippen LogP contribution in [0.5, 0.6) is 0 Å². The molecule has 3 nitrogen and oxygen atoms in total. The lowest BCUT2D eigenvalue weighted by molar-refractivity contribution is 0.188. The van der Waals surface area contributed by atoms with Gasteiger partial charge in [-0.15, -0.1) is 0 Å². The lowest BCUT2D eigenvalue weighted by Gasteiger charge is -2.39. The van der Waals surface area contributed by atoms with Gasteiger partial charge in [-0.1, -0.05) is 26.7 Å². The maximum absolute atomic E-state index is 11.8. The van der Waals surface area contributed by atoms with Crippen molar-refractivity contribution < 1.29 is 8.42 Å². The number of nitrogens with one attached hydrogen (secondary N) is 1. The summed E-state index contributed by atoms with van der Waals surface area (Å²) < 4.78 is 26.4. The van der Waals surface area contributed by atoms with E-state index in [-0.39, 0.29) is 16.7 Å². The van der Waals surface area contributed by atoms with Crippen molar-refractivity contribution in [3.05, 3.63) is 0 Å². The Morgan fingerprint density at radius 3 is 2.33 bits per heavy atom. The minimum absolute atomic E-state index is 0.0974. The van der Waals surface area contributed by atoms with E-state index in [1.54, 1.807) is 13.8 Å². The van der Waals surface area contributed by atoms with E-state index in [0.717, 1.165) is 19.3 Å². The zero-order valence-corrected chi connectivity index (χ0v) is 11.0. The van der Waals surface area contributed by atoms with Gasteiger partial charge in [-0.25, -0.2) is 13.1 Å². The highest BCUT2D eigenvalue weighted by atomic mass is 32.2. The molecule has 0 saturated heterocycles. The molecule has 0 aromatic carbocycles.